The highest BCUT2D eigenvalue weighted by molar-refractivity contribution is 6.22. The standard InChI is InChI=1S/C23H24FN3O6/c24-17-8(11-2-1-3-27-11)6-12(28)14-9(17)4-7-5-10-15(20(30)13(7)19(14)29)21(31)16(23(26)33)22(32)18(10)25/h6-7,10-11,15,18,27-28,30,32H,1-5,25H2,(H2,26,33)/t7-,10+,11?,15+,18-/m0/s1. The smallest absolute Gasteiger partial charge is 0.255 e. The number of ketones is 2. The number of primary amides is 1. The Bertz CT molecular complexity index is 1180. The topological polar surface area (TPSA) is 176 Å². The second kappa shape index (κ2) is 7.39. The number of fused-ring (bicyclic) bond motifs is 3. The lowest BCUT2D eigenvalue weighted by molar-refractivity contribution is -0.126. The quantitative estimate of drug-likeness (QED) is 0.356. The molecule has 1 unspecified atom stereocenters. The molecular formula is C23H24FN3O6. The first-order valence-electron chi connectivity index (χ1n) is 10.9. The molecular weight excluding hydrogens is 433 g/mol. The Morgan fingerprint density at radius 1 is 1.18 bits per heavy atom. The van der Waals surface area contributed by atoms with Gasteiger partial charge in [0.1, 0.15) is 28.7 Å². The Hall–Kier alpha value is -3.24. The van der Waals surface area contributed by atoms with E-state index in [9.17, 15) is 29.7 Å². The number of nitrogens with one attached hydrogen (secondary N) is 1. The van der Waals surface area contributed by atoms with Gasteiger partial charge in [-0.1, -0.05) is 0 Å². The van der Waals surface area contributed by atoms with E-state index in [2.05, 4.69) is 5.32 Å². The Morgan fingerprint density at radius 3 is 2.55 bits per heavy atom. The molecule has 1 amide bonds. The van der Waals surface area contributed by atoms with Gasteiger partial charge >= 0.3 is 0 Å². The molecule has 9 nitrogen and oxygen atoms in total. The summed E-state index contributed by atoms with van der Waals surface area (Å²) in [4.78, 5) is 38.0. The summed E-state index contributed by atoms with van der Waals surface area (Å²) in [5.41, 5.74) is 10.6. The van der Waals surface area contributed by atoms with Crippen LogP contribution in [-0.2, 0) is 16.0 Å². The number of phenols is 1. The fourth-order valence-electron chi connectivity index (χ4n) is 5.97. The van der Waals surface area contributed by atoms with E-state index in [1.165, 1.54) is 6.07 Å². The third-order valence-electron chi connectivity index (χ3n) is 7.50. The molecule has 33 heavy (non-hydrogen) atoms. The van der Waals surface area contributed by atoms with Gasteiger partial charge in [-0.05, 0) is 50.1 Å². The summed E-state index contributed by atoms with van der Waals surface area (Å²) < 4.78 is 15.5. The van der Waals surface area contributed by atoms with Crippen LogP contribution in [0.15, 0.2) is 28.7 Å². The molecule has 1 saturated heterocycles. The number of carbonyl (C=O) groups excluding carboxylic acids is 3. The van der Waals surface area contributed by atoms with Crippen LogP contribution in [0.5, 0.6) is 5.75 Å². The number of nitrogens with two attached hydrogens (primary N) is 2. The van der Waals surface area contributed by atoms with Crippen molar-refractivity contribution in [3.8, 4) is 5.75 Å². The van der Waals surface area contributed by atoms with E-state index in [1.54, 1.807) is 0 Å². The lowest BCUT2D eigenvalue weighted by Gasteiger charge is -2.43. The molecule has 10 heteroatoms. The second-order valence-corrected chi connectivity index (χ2v) is 9.22. The van der Waals surface area contributed by atoms with E-state index in [4.69, 9.17) is 11.5 Å². The maximum atomic E-state index is 15.5. The van der Waals surface area contributed by atoms with Crippen LogP contribution in [0.1, 0.15) is 46.8 Å². The minimum atomic E-state index is -1.33. The SMILES string of the molecule is NC(=O)C1=C(O)[C@@H](N)[C@@H]2C[C@@H]3Cc4c(F)c(C5CCCN5)cc(O)c4C(=O)C3=C(O)[C@@H]2C1=O. The van der Waals surface area contributed by atoms with Crippen LogP contribution >= 0.6 is 0 Å². The number of aromatic hydroxyl groups is 1. The van der Waals surface area contributed by atoms with Crippen LogP contribution in [0.2, 0.25) is 0 Å². The molecule has 1 aromatic carbocycles. The Labute approximate surface area is 187 Å². The summed E-state index contributed by atoms with van der Waals surface area (Å²) in [6.45, 7) is 0.726. The van der Waals surface area contributed by atoms with Crippen LogP contribution in [0.3, 0.4) is 0 Å². The predicted octanol–water partition coefficient (Wildman–Crippen LogP) is 0.966. The molecule has 3 aliphatic carbocycles. The maximum absolute atomic E-state index is 15.5. The number of aliphatic hydroxyl groups is 2. The van der Waals surface area contributed by atoms with Gasteiger partial charge in [0.25, 0.3) is 5.91 Å². The zero-order chi connectivity index (χ0) is 23.8. The summed E-state index contributed by atoms with van der Waals surface area (Å²) in [5.74, 6) is -7.84. The average Bonchev–Trinajstić information content (AvgIpc) is 3.28. The lowest BCUT2D eigenvalue weighted by atomic mass is 9.61. The number of benzene rings is 1. The van der Waals surface area contributed by atoms with Crippen LogP contribution in [0.25, 0.3) is 0 Å². The van der Waals surface area contributed by atoms with Gasteiger partial charge in [-0.15, -0.1) is 0 Å². The highest BCUT2D eigenvalue weighted by atomic mass is 19.1. The molecule has 0 radical (unpaired) electrons. The Balaban J connectivity index is 1.63. The van der Waals surface area contributed by atoms with Crippen molar-refractivity contribution in [1.29, 1.82) is 0 Å². The van der Waals surface area contributed by atoms with E-state index in [-0.39, 0.29) is 46.9 Å². The van der Waals surface area contributed by atoms with Crippen molar-refractivity contribution < 1.29 is 34.1 Å². The molecule has 5 atom stereocenters. The van der Waals surface area contributed by atoms with Gasteiger partial charge in [-0.3, -0.25) is 14.4 Å². The number of phenolic OH excluding ortho intramolecular Hbond substituents is 1. The highest BCUT2D eigenvalue weighted by Crippen LogP contribution is 2.50. The van der Waals surface area contributed by atoms with E-state index in [1.807, 2.05) is 0 Å². The molecule has 1 aliphatic heterocycles. The molecule has 0 bridgehead atoms. The molecule has 0 spiro atoms. The Kier molecular flexibility index (Phi) is 4.84. The minimum absolute atomic E-state index is 0.0116. The number of Topliss-reactive ketones (excluding diaryl/α,β-unsaturated/α-hetero) is 2. The van der Waals surface area contributed by atoms with Gasteiger partial charge < -0.3 is 32.1 Å². The first kappa shape index (κ1) is 21.6. The molecule has 4 aliphatic rings. The monoisotopic (exact) mass is 457 g/mol. The van der Waals surface area contributed by atoms with Crippen molar-refractivity contribution in [2.24, 2.45) is 29.2 Å². The van der Waals surface area contributed by atoms with Crippen molar-refractivity contribution in [3.05, 3.63) is 51.2 Å². The van der Waals surface area contributed by atoms with Gasteiger partial charge in [0.15, 0.2) is 11.6 Å². The van der Waals surface area contributed by atoms with Crippen molar-refractivity contribution in [2.45, 2.75) is 37.8 Å². The number of halogens is 1. The van der Waals surface area contributed by atoms with Crippen LogP contribution in [0, 0.1) is 23.6 Å². The van der Waals surface area contributed by atoms with Crippen LogP contribution in [-0.4, -0.2) is 45.4 Å². The van der Waals surface area contributed by atoms with Crippen molar-refractivity contribution >= 4 is 17.5 Å². The number of rotatable bonds is 2. The predicted molar refractivity (Wildman–Crippen MR) is 113 cm³/mol. The van der Waals surface area contributed by atoms with Gasteiger partial charge in [0, 0.05) is 22.7 Å². The summed E-state index contributed by atoms with van der Waals surface area (Å²) >= 11 is 0. The molecule has 8 N–H and O–H groups in total. The van der Waals surface area contributed by atoms with Crippen LogP contribution < -0.4 is 16.8 Å². The number of aliphatic hydroxyl groups excluding tert-OH is 2. The van der Waals surface area contributed by atoms with Gasteiger partial charge in [0.2, 0.25) is 0 Å². The molecule has 5 rings (SSSR count). The van der Waals surface area contributed by atoms with Crippen molar-refractivity contribution in [3.63, 3.8) is 0 Å². The van der Waals surface area contributed by atoms with Gasteiger partial charge in [-0.25, -0.2) is 4.39 Å². The molecule has 0 saturated carbocycles. The average molecular weight is 457 g/mol. The largest absolute Gasteiger partial charge is 0.511 e. The van der Waals surface area contributed by atoms with Crippen LogP contribution in [0.4, 0.5) is 4.39 Å². The second-order valence-electron chi connectivity index (χ2n) is 9.22. The highest BCUT2D eigenvalue weighted by Gasteiger charge is 2.53. The minimum Gasteiger partial charge on any atom is -0.511 e. The van der Waals surface area contributed by atoms with E-state index in [0.29, 0.717) is 6.42 Å². The lowest BCUT2D eigenvalue weighted by Crippen LogP contribution is -2.52. The zero-order valence-corrected chi connectivity index (χ0v) is 17.6. The molecule has 0 aromatic heterocycles. The normalized spacial score (nSPS) is 31.4. The van der Waals surface area contributed by atoms with E-state index >= 15 is 4.39 Å². The van der Waals surface area contributed by atoms with E-state index < -0.39 is 64.2 Å². The summed E-state index contributed by atoms with van der Waals surface area (Å²) in [7, 11) is 0. The summed E-state index contributed by atoms with van der Waals surface area (Å²) in [5, 5.41) is 35.1. The molecule has 174 valence electrons. The first-order chi connectivity index (χ1) is 15.6. The number of amides is 1. The van der Waals surface area contributed by atoms with Gasteiger partial charge in [0.05, 0.1) is 17.5 Å². The molecule has 1 fully saturated rings. The fraction of sp³-hybridized carbons (Fsp3) is 0.435. The number of hydrogen-bond acceptors (Lipinski definition) is 8. The fourth-order valence-corrected chi connectivity index (χ4v) is 5.97. The number of carbonyl (C=O) groups is 3. The Morgan fingerprint density at radius 2 is 1.91 bits per heavy atom. The molecule has 1 aromatic rings. The van der Waals surface area contributed by atoms with Crippen molar-refractivity contribution in [1.82, 2.24) is 5.32 Å². The first-order valence-corrected chi connectivity index (χ1v) is 10.9. The van der Waals surface area contributed by atoms with E-state index in [0.717, 1.165) is 13.0 Å². The van der Waals surface area contributed by atoms with Gasteiger partial charge in [-0.2, -0.15) is 0 Å². The molecule has 1 heterocycles. The third kappa shape index (κ3) is 2.94. The summed E-state index contributed by atoms with van der Waals surface area (Å²) in [6, 6.07) is -0.189. The van der Waals surface area contributed by atoms with Crippen molar-refractivity contribution in [2.75, 3.05) is 6.54 Å². The maximum Gasteiger partial charge on any atom is 0.255 e. The summed E-state index contributed by atoms with van der Waals surface area (Å²) in [6.07, 6.45) is 1.68. The zero-order valence-electron chi connectivity index (χ0n) is 17.6. The number of allylic oxidation sites excluding steroid dienone is 2. The number of hydrogen-bond donors (Lipinski definition) is 6. The third-order valence-corrected chi connectivity index (χ3v) is 7.50.